The third-order valence-electron chi connectivity index (χ3n) is 4.93. The summed E-state index contributed by atoms with van der Waals surface area (Å²) in [6.07, 6.45) is 4.29. The molecule has 1 aliphatic rings. The second kappa shape index (κ2) is 11.1. The Morgan fingerprint density at radius 2 is 2.03 bits per heavy atom. The van der Waals surface area contributed by atoms with Gasteiger partial charge in [0, 0.05) is 30.9 Å². The Kier molecular flexibility index (Phi) is 7.56. The topological polar surface area (TPSA) is 117 Å². The molecule has 176 valence electrons. The van der Waals surface area contributed by atoms with Crippen LogP contribution in [-0.2, 0) is 4.74 Å². The van der Waals surface area contributed by atoms with Crippen LogP contribution in [0.2, 0.25) is 0 Å². The minimum Gasteiger partial charge on any atom is -0.378 e. The van der Waals surface area contributed by atoms with E-state index in [4.69, 9.17) is 4.74 Å². The third kappa shape index (κ3) is 6.01. The minimum absolute atomic E-state index is 0.120. The van der Waals surface area contributed by atoms with E-state index in [2.05, 4.69) is 36.1 Å². The van der Waals surface area contributed by atoms with E-state index < -0.39 is 5.82 Å². The predicted molar refractivity (Wildman–Crippen MR) is 128 cm³/mol. The molecule has 0 saturated carbocycles. The molecule has 1 amide bonds. The first kappa shape index (κ1) is 23.1. The Bertz CT molecular complexity index is 1150. The molecular weight excluding hydrogens is 439 g/mol. The average molecular weight is 465 g/mol. The lowest BCUT2D eigenvalue weighted by Gasteiger charge is -2.27. The van der Waals surface area contributed by atoms with Gasteiger partial charge in [0.15, 0.2) is 11.6 Å². The van der Waals surface area contributed by atoms with Crippen LogP contribution >= 0.6 is 0 Å². The summed E-state index contributed by atoms with van der Waals surface area (Å²) in [6.45, 7) is 4.64. The molecule has 0 atom stereocenters. The van der Waals surface area contributed by atoms with Crippen molar-refractivity contribution in [3.05, 3.63) is 65.9 Å². The van der Waals surface area contributed by atoms with Gasteiger partial charge in [0.1, 0.15) is 0 Å². The summed E-state index contributed by atoms with van der Waals surface area (Å²) in [5.74, 6) is -0.200. The van der Waals surface area contributed by atoms with Gasteiger partial charge in [0.05, 0.1) is 43.2 Å². The minimum atomic E-state index is -0.488. The molecule has 0 unspecified atom stereocenters. The van der Waals surface area contributed by atoms with Gasteiger partial charge in [-0.05, 0) is 37.3 Å². The first-order valence-corrected chi connectivity index (χ1v) is 10.9. The molecule has 0 spiro atoms. The number of benzene rings is 1. The molecule has 2 aromatic heterocycles. The number of morpholine rings is 1. The molecule has 0 bridgehead atoms. The number of hydrogen-bond acceptors (Lipinski definition) is 9. The molecule has 1 aromatic carbocycles. The molecule has 3 aromatic rings. The number of nitrogens with zero attached hydrogens (tertiary/aromatic N) is 5. The van der Waals surface area contributed by atoms with Gasteiger partial charge in [-0.2, -0.15) is 10.1 Å². The molecule has 1 saturated heterocycles. The summed E-state index contributed by atoms with van der Waals surface area (Å²) < 4.78 is 19.4. The van der Waals surface area contributed by atoms with Gasteiger partial charge in [0.25, 0.3) is 5.91 Å². The summed E-state index contributed by atoms with van der Waals surface area (Å²) in [4.78, 5) is 26.3. The van der Waals surface area contributed by atoms with Gasteiger partial charge in [-0.3, -0.25) is 9.78 Å². The number of pyridine rings is 1. The van der Waals surface area contributed by atoms with Crippen LogP contribution < -0.4 is 21.0 Å². The van der Waals surface area contributed by atoms with Crippen LogP contribution in [0.4, 0.5) is 27.5 Å². The Hall–Kier alpha value is -4.12. The average Bonchev–Trinajstić information content (AvgIpc) is 2.87. The van der Waals surface area contributed by atoms with Gasteiger partial charge < -0.3 is 20.3 Å². The van der Waals surface area contributed by atoms with Crippen molar-refractivity contribution in [1.29, 1.82) is 0 Å². The van der Waals surface area contributed by atoms with Crippen molar-refractivity contribution in [3.8, 4) is 0 Å². The van der Waals surface area contributed by atoms with Crippen molar-refractivity contribution in [2.45, 2.75) is 6.92 Å². The van der Waals surface area contributed by atoms with E-state index in [9.17, 15) is 9.18 Å². The van der Waals surface area contributed by atoms with E-state index in [0.717, 1.165) is 17.6 Å². The number of aromatic nitrogens is 3. The summed E-state index contributed by atoms with van der Waals surface area (Å²) in [5.41, 5.74) is 5.43. The van der Waals surface area contributed by atoms with E-state index in [1.54, 1.807) is 24.4 Å². The van der Waals surface area contributed by atoms with Crippen molar-refractivity contribution < 1.29 is 13.9 Å². The summed E-state index contributed by atoms with van der Waals surface area (Å²) in [7, 11) is 0. The fourth-order valence-corrected chi connectivity index (χ4v) is 3.29. The number of halogens is 1. The van der Waals surface area contributed by atoms with Crippen molar-refractivity contribution in [3.63, 3.8) is 0 Å². The summed E-state index contributed by atoms with van der Waals surface area (Å²) in [6, 6.07) is 10.8. The number of carbonyl (C=O) groups is 1. The normalized spacial score (nSPS) is 13.6. The molecule has 34 heavy (non-hydrogen) atoms. The second-order valence-electron chi connectivity index (χ2n) is 7.37. The number of nitrogens with one attached hydrogen (secondary N) is 3. The highest BCUT2D eigenvalue weighted by atomic mass is 19.1. The highest BCUT2D eigenvalue weighted by molar-refractivity contribution is 5.95. The second-order valence-corrected chi connectivity index (χ2v) is 7.37. The van der Waals surface area contributed by atoms with Crippen molar-refractivity contribution in [2.75, 3.05) is 48.5 Å². The Morgan fingerprint density at radius 3 is 2.79 bits per heavy atom. The van der Waals surface area contributed by atoms with Gasteiger partial charge in [-0.15, -0.1) is 0 Å². The lowest BCUT2D eigenvalue weighted by Crippen LogP contribution is -2.37. The number of amides is 1. The number of carbonyl (C=O) groups excluding carboxylic acids is 1. The molecule has 1 fully saturated rings. The monoisotopic (exact) mass is 464 g/mol. The standard InChI is InChI=1S/C23H25FN8O2/c1-2-25-22(33)16-4-3-5-17(12-16)29-19-7-6-18(26-13-19)14-28-31-23-27-15-20(24)21(30-23)32-8-10-34-11-9-32/h3-7,12-15,29H,2,8-11H2,1H3,(H,25,33)(H,27,30,31)/b28-14+. The van der Waals surface area contributed by atoms with E-state index in [-0.39, 0.29) is 17.7 Å². The first-order chi connectivity index (χ1) is 16.6. The zero-order chi connectivity index (χ0) is 23.8. The highest BCUT2D eigenvalue weighted by Crippen LogP contribution is 2.19. The van der Waals surface area contributed by atoms with E-state index >= 15 is 0 Å². The fraction of sp³-hybridized carbons (Fsp3) is 0.261. The van der Waals surface area contributed by atoms with Crippen molar-refractivity contribution >= 4 is 35.3 Å². The lowest BCUT2D eigenvalue weighted by atomic mass is 10.2. The van der Waals surface area contributed by atoms with Crippen molar-refractivity contribution in [1.82, 2.24) is 20.3 Å². The SMILES string of the molecule is CCNC(=O)c1cccc(Nc2ccc(/C=N/Nc3ncc(F)c(N4CCOCC4)n3)nc2)c1. The maximum atomic E-state index is 14.1. The Balaban J connectivity index is 1.35. The number of hydrazone groups is 1. The molecule has 10 nitrogen and oxygen atoms in total. The zero-order valence-electron chi connectivity index (χ0n) is 18.7. The van der Waals surface area contributed by atoms with Crippen LogP contribution in [0.25, 0.3) is 0 Å². The first-order valence-electron chi connectivity index (χ1n) is 10.9. The summed E-state index contributed by atoms with van der Waals surface area (Å²) in [5, 5.41) is 10.1. The van der Waals surface area contributed by atoms with E-state index in [1.165, 1.54) is 6.21 Å². The smallest absolute Gasteiger partial charge is 0.251 e. The molecule has 3 N–H and O–H groups in total. The van der Waals surface area contributed by atoms with Gasteiger partial charge in [-0.1, -0.05) is 6.07 Å². The number of hydrogen-bond donors (Lipinski definition) is 3. The van der Waals surface area contributed by atoms with Gasteiger partial charge >= 0.3 is 0 Å². The number of anilines is 4. The van der Waals surface area contributed by atoms with Crippen LogP contribution in [0.5, 0.6) is 0 Å². The maximum Gasteiger partial charge on any atom is 0.251 e. The Labute approximate surface area is 196 Å². The predicted octanol–water partition coefficient (Wildman–Crippen LogP) is 2.79. The zero-order valence-corrected chi connectivity index (χ0v) is 18.7. The highest BCUT2D eigenvalue weighted by Gasteiger charge is 2.17. The maximum absolute atomic E-state index is 14.1. The van der Waals surface area contributed by atoms with E-state index in [1.807, 2.05) is 30.0 Å². The third-order valence-corrected chi connectivity index (χ3v) is 4.93. The van der Waals surface area contributed by atoms with Gasteiger partial charge in [0.2, 0.25) is 5.95 Å². The Morgan fingerprint density at radius 1 is 1.18 bits per heavy atom. The van der Waals surface area contributed by atoms with Gasteiger partial charge in [-0.25, -0.2) is 14.8 Å². The van der Waals surface area contributed by atoms with Crippen LogP contribution in [0.1, 0.15) is 23.0 Å². The molecule has 11 heteroatoms. The molecular formula is C23H25FN8O2. The van der Waals surface area contributed by atoms with E-state index in [0.29, 0.717) is 44.1 Å². The van der Waals surface area contributed by atoms with Crippen LogP contribution in [-0.4, -0.2) is 59.9 Å². The molecule has 1 aliphatic heterocycles. The molecule has 0 radical (unpaired) electrons. The molecule has 4 rings (SSSR count). The van der Waals surface area contributed by atoms with Crippen molar-refractivity contribution in [2.24, 2.45) is 5.10 Å². The number of ether oxygens (including phenoxy) is 1. The lowest BCUT2D eigenvalue weighted by molar-refractivity contribution is 0.0956. The fourth-order valence-electron chi connectivity index (χ4n) is 3.29. The largest absolute Gasteiger partial charge is 0.378 e. The summed E-state index contributed by atoms with van der Waals surface area (Å²) >= 11 is 0. The molecule has 0 aliphatic carbocycles. The quantitative estimate of drug-likeness (QED) is 0.344. The van der Waals surface area contributed by atoms with Crippen LogP contribution in [0, 0.1) is 5.82 Å². The van der Waals surface area contributed by atoms with Crippen LogP contribution in [0.3, 0.4) is 0 Å². The number of rotatable bonds is 8. The van der Waals surface area contributed by atoms with Crippen LogP contribution in [0.15, 0.2) is 53.9 Å². The molecule has 3 heterocycles.